The lowest BCUT2D eigenvalue weighted by Gasteiger charge is -2.18. The molecule has 1 N–H and O–H groups in total. The molecule has 0 aliphatic rings. The minimum Gasteiger partial charge on any atom is -0.317 e. The summed E-state index contributed by atoms with van der Waals surface area (Å²) in [7, 11) is -3.16. The fraction of sp³-hybridized carbons (Fsp3) is 0.909. The van der Waals surface area contributed by atoms with Crippen LogP contribution in [0.3, 0.4) is 0 Å². The van der Waals surface area contributed by atoms with E-state index in [0.29, 0.717) is 13.0 Å². The van der Waals surface area contributed by atoms with Crippen molar-refractivity contribution in [3.8, 4) is 0 Å². The molecule has 0 atom stereocenters. The number of sulfone groups is 1. The van der Waals surface area contributed by atoms with E-state index in [-0.39, 0.29) is 18.0 Å². The number of ketones is 1. The Kier molecular flexibility index (Phi) is 6.18. The third-order valence-corrected chi connectivity index (χ3v) is 5.02. The molecule has 0 unspecified atom stereocenters. The van der Waals surface area contributed by atoms with Gasteiger partial charge < -0.3 is 5.32 Å². The first kappa shape index (κ1) is 15.6. The molecule has 0 saturated carbocycles. The van der Waals surface area contributed by atoms with Crippen molar-refractivity contribution < 1.29 is 13.2 Å². The van der Waals surface area contributed by atoms with E-state index in [1.54, 1.807) is 20.8 Å². The number of Topliss-reactive ketones (excluding diaryl/α,β-unsaturated/α-hetero) is 1. The summed E-state index contributed by atoms with van der Waals surface area (Å²) < 4.78 is 22.7. The molecule has 16 heavy (non-hydrogen) atoms. The summed E-state index contributed by atoms with van der Waals surface area (Å²) in [6.45, 7) is 8.40. The first-order chi connectivity index (χ1) is 7.20. The van der Waals surface area contributed by atoms with Crippen molar-refractivity contribution in [2.45, 2.75) is 45.3 Å². The first-order valence-electron chi connectivity index (χ1n) is 5.65. The van der Waals surface area contributed by atoms with Gasteiger partial charge in [0.25, 0.3) is 0 Å². The highest BCUT2D eigenvalue weighted by Crippen LogP contribution is 2.16. The molecule has 4 nitrogen and oxygen atoms in total. The maximum atomic E-state index is 11.7. The zero-order valence-electron chi connectivity index (χ0n) is 10.7. The fourth-order valence-electron chi connectivity index (χ4n) is 1.08. The quantitative estimate of drug-likeness (QED) is 0.688. The Labute approximate surface area is 98.7 Å². The Morgan fingerprint density at radius 3 is 2.19 bits per heavy atom. The zero-order chi connectivity index (χ0) is 12.8. The molecule has 0 radical (unpaired) electrons. The van der Waals surface area contributed by atoms with Gasteiger partial charge in [-0.15, -0.1) is 0 Å². The van der Waals surface area contributed by atoms with Crippen LogP contribution in [-0.4, -0.2) is 37.8 Å². The van der Waals surface area contributed by atoms with Crippen LogP contribution in [-0.2, 0) is 14.6 Å². The van der Waals surface area contributed by atoms with Crippen molar-refractivity contribution in [2.24, 2.45) is 0 Å². The number of carbonyl (C=O) groups excluding carboxylic acids is 1. The highest BCUT2D eigenvalue weighted by Gasteiger charge is 2.28. The molecule has 0 aromatic heterocycles. The van der Waals surface area contributed by atoms with Crippen LogP contribution in [0.5, 0.6) is 0 Å². The molecule has 96 valence electrons. The Morgan fingerprint density at radius 2 is 1.75 bits per heavy atom. The van der Waals surface area contributed by atoms with E-state index in [2.05, 4.69) is 5.32 Å². The van der Waals surface area contributed by atoms with Crippen LogP contribution in [0.1, 0.15) is 40.5 Å². The van der Waals surface area contributed by atoms with Crippen molar-refractivity contribution in [3.05, 3.63) is 0 Å². The lowest BCUT2D eigenvalue weighted by Crippen LogP contribution is -2.31. The Morgan fingerprint density at radius 1 is 1.19 bits per heavy atom. The smallest absolute Gasteiger partial charge is 0.155 e. The van der Waals surface area contributed by atoms with Gasteiger partial charge in [-0.1, -0.05) is 6.92 Å². The molecule has 0 amide bonds. The van der Waals surface area contributed by atoms with E-state index in [1.165, 1.54) is 0 Å². The molecular formula is C11H23NO3S. The van der Waals surface area contributed by atoms with Crippen molar-refractivity contribution in [3.63, 3.8) is 0 Å². The van der Waals surface area contributed by atoms with Gasteiger partial charge in [0.1, 0.15) is 5.78 Å². The molecule has 0 heterocycles. The summed E-state index contributed by atoms with van der Waals surface area (Å²) in [6, 6.07) is 0. The average molecular weight is 249 g/mol. The molecule has 0 aromatic carbocycles. The zero-order valence-corrected chi connectivity index (χ0v) is 11.5. The highest BCUT2D eigenvalue weighted by molar-refractivity contribution is 7.92. The summed E-state index contributed by atoms with van der Waals surface area (Å²) in [6.07, 6.45) is 0.540. The van der Waals surface area contributed by atoms with Crippen molar-refractivity contribution >= 4 is 15.6 Å². The molecule has 0 spiro atoms. The van der Waals surface area contributed by atoms with Gasteiger partial charge in [-0.2, -0.15) is 0 Å². The van der Waals surface area contributed by atoms with Crippen LogP contribution < -0.4 is 5.32 Å². The Bertz CT molecular complexity index is 315. The second-order valence-corrected chi connectivity index (χ2v) is 7.69. The Hall–Kier alpha value is -0.420. The summed E-state index contributed by atoms with van der Waals surface area (Å²) in [5, 5.41) is 3.04. The number of nitrogens with one attached hydrogen (secondary N) is 1. The van der Waals surface area contributed by atoms with Crippen molar-refractivity contribution in [1.82, 2.24) is 5.32 Å². The second-order valence-electron chi connectivity index (χ2n) is 4.82. The molecule has 0 saturated heterocycles. The Balaban J connectivity index is 4.02. The monoisotopic (exact) mass is 249 g/mol. The lowest BCUT2D eigenvalue weighted by atomic mass is 10.2. The van der Waals surface area contributed by atoms with Crippen LogP contribution >= 0.6 is 0 Å². The van der Waals surface area contributed by atoms with Gasteiger partial charge in [-0.3, -0.25) is 4.79 Å². The summed E-state index contributed by atoms with van der Waals surface area (Å²) in [5.74, 6) is -0.0321. The molecule has 0 rings (SSSR count). The standard InChI is InChI=1S/C11H23NO3S/c1-5-12-8-6-10(13)7-9-16(14,15)11(2,3)4/h12H,5-9H2,1-4H3. The SMILES string of the molecule is CCNCCC(=O)CCS(=O)(=O)C(C)(C)C. The highest BCUT2D eigenvalue weighted by atomic mass is 32.2. The van der Waals surface area contributed by atoms with Gasteiger partial charge in [-0.05, 0) is 27.3 Å². The summed E-state index contributed by atoms with van der Waals surface area (Å²) in [4.78, 5) is 11.4. The van der Waals surface area contributed by atoms with E-state index in [0.717, 1.165) is 6.54 Å². The van der Waals surface area contributed by atoms with E-state index in [9.17, 15) is 13.2 Å². The largest absolute Gasteiger partial charge is 0.317 e. The van der Waals surface area contributed by atoms with Crippen molar-refractivity contribution in [1.29, 1.82) is 0 Å². The summed E-state index contributed by atoms with van der Waals surface area (Å²) >= 11 is 0. The normalized spacial score (nSPS) is 12.8. The van der Waals surface area contributed by atoms with Crippen LogP contribution in [0.25, 0.3) is 0 Å². The predicted molar refractivity (Wildman–Crippen MR) is 66.3 cm³/mol. The third-order valence-electron chi connectivity index (χ3n) is 2.41. The molecule has 0 bridgehead atoms. The van der Waals surface area contributed by atoms with E-state index in [1.807, 2.05) is 6.92 Å². The minimum absolute atomic E-state index is 0.00813. The van der Waals surface area contributed by atoms with Crippen LogP contribution in [0.15, 0.2) is 0 Å². The molecule has 5 heteroatoms. The van der Waals surface area contributed by atoms with Gasteiger partial charge in [0.2, 0.25) is 0 Å². The van der Waals surface area contributed by atoms with Crippen LogP contribution in [0.4, 0.5) is 0 Å². The first-order valence-corrected chi connectivity index (χ1v) is 7.30. The number of carbonyl (C=O) groups is 1. The summed E-state index contributed by atoms with van der Waals surface area (Å²) in [5.41, 5.74) is 0. The third kappa shape index (κ3) is 5.61. The molecule has 0 aliphatic carbocycles. The average Bonchev–Trinajstić information content (AvgIpc) is 2.13. The molecule has 0 aliphatic heterocycles. The number of hydrogen-bond donors (Lipinski definition) is 1. The lowest BCUT2D eigenvalue weighted by molar-refractivity contribution is -0.118. The van der Waals surface area contributed by atoms with Gasteiger partial charge in [0, 0.05) is 19.4 Å². The molecule has 0 fully saturated rings. The predicted octanol–water partition coefficient (Wildman–Crippen LogP) is 1.16. The molecular weight excluding hydrogens is 226 g/mol. The number of rotatable bonds is 7. The number of hydrogen-bond acceptors (Lipinski definition) is 4. The fourth-order valence-corrected chi connectivity index (χ4v) is 2.19. The second kappa shape index (κ2) is 6.35. The molecule has 0 aromatic rings. The van der Waals surface area contributed by atoms with E-state index >= 15 is 0 Å². The van der Waals surface area contributed by atoms with Crippen LogP contribution in [0.2, 0.25) is 0 Å². The minimum atomic E-state index is -3.16. The topological polar surface area (TPSA) is 63.2 Å². The van der Waals surface area contributed by atoms with Gasteiger partial charge in [-0.25, -0.2) is 8.42 Å². The van der Waals surface area contributed by atoms with Crippen molar-refractivity contribution in [2.75, 3.05) is 18.8 Å². The maximum Gasteiger partial charge on any atom is 0.155 e. The maximum absolute atomic E-state index is 11.7. The van der Waals surface area contributed by atoms with Gasteiger partial charge in [0.15, 0.2) is 9.84 Å². The van der Waals surface area contributed by atoms with Gasteiger partial charge >= 0.3 is 0 Å². The van der Waals surface area contributed by atoms with E-state index < -0.39 is 14.6 Å². The van der Waals surface area contributed by atoms with E-state index in [4.69, 9.17) is 0 Å². The van der Waals surface area contributed by atoms with Crippen LogP contribution in [0, 0.1) is 0 Å². The van der Waals surface area contributed by atoms with Gasteiger partial charge in [0.05, 0.1) is 10.5 Å².